The standard InChI is InChI=1S/C11H15N3O4/c1-6(4-5-12)9(11(17)18)14-10(16)7-2-3-8(15)13-7/h6-7,9H,2-4H2,1H3,(H,13,15)(H,14,16)(H,17,18)/t6-,7+,9-/m0/s1. The molecule has 3 N–H and O–H groups in total. The first kappa shape index (κ1) is 14.0. The maximum atomic E-state index is 11.7. The summed E-state index contributed by atoms with van der Waals surface area (Å²) < 4.78 is 0. The fraction of sp³-hybridized carbons (Fsp3) is 0.636. The molecule has 0 bridgehead atoms. The van der Waals surface area contributed by atoms with Crippen LogP contribution in [0.2, 0.25) is 0 Å². The van der Waals surface area contributed by atoms with Gasteiger partial charge in [0.1, 0.15) is 12.1 Å². The largest absolute Gasteiger partial charge is 0.480 e. The van der Waals surface area contributed by atoms with Crippen molar-refractivity contribution in [2.75, 3.05) is 0 Å². The molecule has 0 saturated carbocycles. The maximum Gasteiger partial charge on any atom is 0.326 e. The molecular weight excluding hydrogens is 238 g/mol. The minimum absolute atomic E-state index is 0.0360. The van der Waals surface area contributed by atoms with E-state index < -0.39 is 29.9 Å². The van der Waals surface area contributed by atoms with E-state index in [0.29, 0.717) is 6.42 Å². The molecule has 1 aliphatic rings. The minimum Gasteiger partial charge on any atom is -0.480 e. The molecule has 1 fully saturated rings. The van der Waals surface area contributed by atoms with E-state index in [-0.39, 0.29) is 18.7 Å². The SMILES string of the molecule is C[C@@H](CC#N)[C@H](NC(=O)[C@H]1CCC(=O)N1)C(=O)O. The van der Waals surface area contributed by atoms with Gasteiger partial charge < -0.3 is 15.7 Å². The molecule has 7 heteroatoms. The Bertz CT molecular complexity index is 402. The molecule has 1 saturated heterocycles. The second-order valence-corrected chi connectivity index (χ2v) is 4.32. The fourth-order valence-corrected chi connectivity index (χ4v) is 1.77. The summed E-state index contributed by atoms with van der Waals surface area (Å²) in [5, 5.41) is 22.4. The van der Waals surface area contributed by atoms with Crippen LogP contribution in [0.3, 0.4) is 0 Å². The first-order chi connectivity index (χ1) is 8.45. The Labute approximate surface area is 104 Å². The summed E-state index contributed by atoms with van der Waals surface area (Å²) in [6, 6.07) is 0.0797. The number of amides is 2. The van der Waals surface area contributed by atoms with Crippen LogP contribution in [0.15, 0.2) is 0 Å². The lowest BCUT2D eigenvalue weighted by Gasteiger charge is -2.21. The lowest BCUT2D eigenvalue weighted by atomic mass is 9.98. The van der Waals surface area contributed by atoms with Crippen LogP contribution < -0.4 is 10.6 Å². The van der Waals surface area contributed by atoms with E-state index in [1.54, 1.807) is 6.92 Å². The van der Waals surface area contributed by atoms with E-state index in [1.807, 2.05) is 6.07 Å². The summed E-state index contributed by atoms with van der Waals surface area (Å²) in [6.07, 6.45) is 0.668. The summed E-state index contributed by atoms with van der Waals surface area (Å²) in [5.41, 5.74) is 0. The van der Waals surface area contributed by atoms with Crippen molar-refractivity contribution >= 4 is 17.8 Å². The van der Waals surface area contributed by atoms with Crippen LogP contribution in [0.25, 0.3) is 0 Å². The van der Waals surface area contributed by atoms with Crippen LogP contribution in [0.1, 0.15) is 26.2 Å². The smallest absolute Gasteiger partial charge is 0.326 e. The number of hydrogen-bond acceptors (Lipinski definition) is 4. The van der Waals surface area contributed by atoms with Crippen molar-refractivity contribution < 1.29 is 19.5 Å². The van der Waals surface area contributed by atoms with Crippen LogP contribution >= 0.6 is 0 Å². The highest BCUT2D eigenvalue weighted by Crippen LogP contribution is 2.11. The number of carbonyl (C=O) groups excluding carboxylic acids is 2. The van der Waals surface area contributed by atoms with Gasteiger partial charge >= 0.3 is 5.97 Å². The fourth-order valence-electron chi connectivity index (χ4n) is 1.77. The van der Waals surface area contributed by atoms with Crippen molar-refractivity contribution in [2.24, 2.45) is 5.92 Å². The molecule has 18 heavy (non-hydrogen) atoms. The van der Waals surface area contributed by atoms with Crippen molar-refractivity contribution in [1.82, 2.24) is 10.6 Å². The van der Waals surface area contributed by atoms with Gasteiger partial charge in [0.25, 0.3) is 0 Å². The van der Waals surface area contributed by atoms with Gasteiger partial charge in [-0.15, -0.1) is 0 Å². The van der Waals surface area contributed by atoms with Gasteiger partial charge in [0.05, 0.1) is 6.07 Å². The molecule has 0 unspecified atom stereocenters. The predicted molar refractivity (Wildman–Crippen MR) is 60.1 cm³/mol. The average molecular weight is 253 g/mol. The summed E-state index contributed by atoms with van der Waals surface area (Å²) in [7, 11) is 0. The monoisotopic (exact) mass is 253 g/mol. The van der Waals surface area contributed by atoms with Crippen molar-refractivity contribution in [2.45, 2.75) is 38.3 Å². The van der Waals surface area contributed by atoms with Crippen LogP contribution in [0.5, 0.6) is 0 Å². The Morgan fingerprint density at radius 3 is 2.78 bits per heavy atom. The third kappa shape index (κ3) is 3.45. The molecular formula is C11H15N3O4. The van der Waals surface area contributed by atoms with E-state index in [4.69, 9.17) is 10.4 Å². The molecule has 0 radical (unpaired) electrons. The molecule has 98 valence electrons. The van der Waals surface area contributed by atoms with E-state index in [2.05, 4.69) is 10.6 Å². The second-order valence-electron chi connectivity index (χ2n) is 4.32. The molecule has 0 aromatic carbocycles. The summed E-state index contributed by atoms with van der Waals surface area (Å²) in [5.74, 6) is -2.41. The summed E-state index contributed by atoms with van der Waals surface area (Å²) in [4.78, 5) is 33.7. The molecule has 0 aromatic rings. The number of carboxylic acids is 1. The van der Waals surface area contributed by atoms with Crippen molar-refractivity contribution in [1.29, 1.82) is 5.26 Å². The third-order valence-electron chi connectivity index (χ3n) is 2.86. The Morgan fingerprint density at radius 2 is 2.33 bits per heavy atom. The molecule has 2 amide bonds. The minimum atomic E-state index is -1.18. The number of aliphatic carboxylic acids is 1. The Morgan fingerprint density at radius 1 is 1.67 bits per heavy atom. The van der Waals surface area contributed by atoms with E-state index in [1.165, 1.54) is 0 Å². The zero-order valence-corrected chi connectivity index (χ0v) is 9.97. The highest BCUT2D eigenvalue weighted by molar-refractivity contribution is 5.92. The van der Waals surface area contributed by atoms with Crippen LogP contribution in [0, 0.1) is 17.2 Å². The van der Waals surface area contributed by atoms with Crippen LogP contribution in [0.4, 0.5) is 0 Å². The maximum absolute atomic E-state index is 11.7. The average Bonchev–Trinajstić information content (AvgIpc) is 2.72. The molecule has 0 aromatic heterocycles. The third-order valence-corrected chi connectivity index (χ3v) is 2.86. The molecule has 0 aliphatic carbocycles. The topological polar surface area (TPSA) is 119 Å². The number of nitrogens with one attached hydrogen (secondary N) is 2. The zero-order valence-electron chi connectivity index (χ0n) is 9.97. The Balaban J connectivity index is 2.61. The van der Waals surface area contributed by atoms with Gasteiger partial charge in [-0.1, -0.05) is 6.92 Å². The Kier molecular flexibility index (Phi) is 4.66. The van der Waals surface area contributed by atoms with Crippen LogP contribution in [-0.4, -0.2) is 35.0 Å². The van der Waals surface area contributed by atoms with Gasteiger partial charge in [0.15, 0.2) is 0 Å². The lowest BCUT2D eigenvalue weighted by Crippen LogP contribution is -2.51. The summed E-state index contributed by atoms with van der Waals surface area (Å²) in [6.45, 7) is 1.58. The first-order valence-electron chi connectivity index (χ1n) is 5.65. The molecule has 3 atom stereocenters. The van der Waals surface area contributed by atoms with Gasteiger partial charge in [-0.2, -0.15) is 5.26 Å². The normalized spacial score (nSPS) is 21.6. The predicted octanol–water partition coefficient (Wildman–Crippen LogP) is -0.616. The number of nitrogens with zero attached hydrogens (tertiary/aromatic N) is 1. The first-order valence-corrected chi connectivity index (χ1v) is 5.65. The van der Waals surface area contributed by atoms with Gasteiger partial charge in [-0.05, 0) is 6.42 Å². The number of carboxylic acid groups (broad SMARTS) is 1. The van der Waals surface area contributed by atoms with E-state index >= 15 is 0 Å². The number of rotatable bonds is 5. The van der Waals surface area contributed by atoms with Gasteiger partial charge in [-0.25, -0.2) is 4.79 Å². The number of carbonyl (C=O) groups is 3. The van der Waals surface area contributed by atoms with Crippen LogP contribution in [-0.2, 0) is 14.4 Å². The van der Waals surface area contributed by atoms with Crippen molar-refractivity contribution in [3.05, 3.63) is 0 Å². The van der Waals surface area contributed by atoms with Gasteiger partial charge in [-0.3, -0.25) is 9.59 Å². The lowest BCUT2D eigenvalue weighted by molar-refractivity contribution is -0.143. The van der Waals surface area contributed by atoms with E-state index in [9.17, 15) is 14.4 Å². The highest BCUT2D eigenvalue weighted by Gasteiger charge is 2.32. The quantitative estimate of drug-likeness (QED) is 0.603. The zero-order chi connectivity index (χ0) is 13.7. The molecule has 1 heterocycles. The number of nitriles is 1. The second kappa shape index (κ2) is 6.00. The van der Waals surface area contributed by atoms with Gasteiger partial charge in [0, 0.05) is 18.8 Å². The van der Waals surface area contributed by atoms with Crippen molar-refractivity contribution in [3.63, 3.8) is 0 Å². The number of hydrogen-bond donors (Lipinski definition) is 3. The molecule has 0 spiro atoms. The van der Waals surface area contributed by atoms with E-state index in [0.717, 1.165) is 0 Å². The molecule has 1 rings (SSSR count). The van der Waals surface area contributed by atoms with Crippen molar-refractivity contribution in [3.8, 4) is 6.07 Å². The molecule has 7 nitrogen and oxygen atoms in total. The summed E-state index contributed by atoms with van der Waals surface area (Å²) >= 11 is 0. The molecule has 1 aliphatic heterocycles. The van der Waals surface area contributed by atoms with Gasteiger partial charge in [0.2, 0.25) is 11.8 Å². The Hall–Kier alpha value is -2.10. The highest BCUT2D eigenvalue weighted by atomic mass is 16.4.